The molecule has 1 N–H and O–H groups in total. The summed E-state index contributed by atoms with van der Waals surface area (Å²) in [5, 5.41) is 3.07. The summed E-state index contributed by atoms with van der Waals surface area (Å²) < 4.78 is 5.46. The number of hydrogen-bond acceptors (Lipinski definition) is 3. The average molecular weight is 301 g/mol. The standard InChI is InChI=1S/C18H23NO3/c1-12(17-9-13-5-6-15(17)7-13)19-18(21)11-22-16-4-2-3-14(8-16)10-20/h2-4,8,10,12-13,15,17H,5-7,9,11H2,1H3,(H,19,21). The molecule has 4 heteroatoms. The highest BCUT2D eigenvalue weighted by Gasteiger charge is 2.42. The molecule has 0 aromatic heterocycles. The summed E-state index contributed by atoms with van der Waals surface area (Å²) in [5.74, 6) is 2.77. The van der Waals surface area contributed by atoms with Gasteiger partial charge in [-0.1, -0.05) is 18.6 Å². The lowest BCUT2D eigenvalue weighted by molar-refractivity contribution is -0.124. The molecule has 1 amide bonds. The highest BCUT2D eigenvalue weighted by molar-refractivity contribution is 5.78. The molecule has 118 valence electrons. The summed E-state index contributed by atoms with van der Waals surface area (Å²) in [6.45, 7) is 2.10. The Morgan fingerprint density at radius 1 is 1.41 bits per heavy atom. The Bertz CT molecular complexity index is 557. The van der Waals surface area contributed by atoms with Crippen molar-refractivity contribution in [1.82, 2.24) is 5.32 Å². The van der Waals surface area contributed by atoms with Crippen LogP contribution in [-0.2, 0) is 4.79 Å². The quantitative estimate of drug-likeness (QED) is 0.822. The molecular weight excluding hydrogens is 278 g/mol. The fraction of sp³-hybridized carbons (Fsp3) is 0.556. The first kappa shape index (κ1) is 15.1. The van der Waals surface area contributed by atoms with Crippen molar-refractivity contribution in [2.75, 3.05) is 6.61 Å². The monoisotopic (exact) mass is 301 g/mol. The normalized spacial score (nSPS) is 27.4. The van der Waals surface area contributed by atoms with Gasteiger partial charge in [0.25, 0.3) is 5.91 Å². The molecule has 3 rings (SSSR count). The fourth-order valence-corrected chi connectivity index (χ4v) is 4.14. The second kappa shape index (κ2) is 6.51. The lowest BCUT2D eigenvalue weighted by Crippen LogP contribution is -2.42. The van der Waals surface area contributed by atoms with E-state index in [0.717, 1.165) is 18.1 Å². The van der Waals surface area contributed by atoms with E-state index in [2.05, 4.69) is 12.2 Å². The summed E-state index contributed by atoms with van der Waals surface area (Å²) in [6, 6.07) is 7.05. The first-order valence-electron chi connectivity index (χ1n) is 8.13. The fourth-order valence-electron chi connectivity index (χ4n) is 4.14. The van der Waals surface area contributed by atoms with E-state index in [-0.39, 0.29) is 18.6 Å². The van der Waals surface area contributed by atoms with Crippen LogP contribution in [0.15, 0.2) is 24.3 Å². The van der Waals surface area contributed by atoms with Crippen LogP contribution in [0.3, 0.4) is 0 Å². The van der Waals surface area contributed by atoms with E-state index < -0.39 is 0 Å². The second-order valence-electron chi connectivity index (χ2n) is 6.67. The van der Waals surface area contributed by atoms with Crippen molar-refractivity contribution in [2.45, 2.75) is 38.6 Å². The largest absolute Gasteiger partial charge is 0.484 e. The van der Waals surface area contributed by atoms with E-state index in [1.54, 1.807) is 24.3 Å². The maximum Gasteiger partial charge on any atom is 0.258 e. The van der Waals surface area contributed by atoms with Crippen LogP contribution in [0.2, 0.25) is 0 Å². The lowest BCUT2D eigenvalue weighted by atomic mass is 9.84. The summed E-state index contributed by atoms with van der Waals surface area (Å²) in [4.78, 5) is 22.8. The predicted molar refractivity (Wildman–Crippen MR) is 83.9 cm³/mol. The molecule has 4 nitrogen and oxygen atoms in total. The van der Waals surface area contributed by atoms with Crippen LogP contribution in [0.4, 0.5) is 0 Å². The number of carbonyl (C=O) groups excluding carboxylic acids is 2. The van der Waals surface area contributed by atoms with Crippen molar-refractivity contribution in [3.63, 3.8) is 0 Å². The van der Waals surface area contributed by atoms with Crippen molar-refractivity contribution >= 4 is 12.2 Å². The molecule has 2 aliphatic carbocycles. The van der Waals surface area contributed by atoms with Crippen molar-refractivity contribution in [1.29, 1.82) is 0 Å². The first-order chi connectivity index (χ1) is 10.7. The lowest BCUT2D eigenvalue weighted by Gasteiger charge is -2.28. The Kier molecular flexibility index (Phi) is 4.46. The Morgan fingerprint density at radius 2 is 2.27 bits per heavy atom. The smallest absolute Gasteiger partial charge is 0.258 e. The molecule has 0 radical (unpaired) electrons. The van der Waals surface area contributed by atoms with E-state index in [1.807, 2.05) is 0 Å². The molecule has 4 unspecified atom stereocenters. The number of amides is 1. The SMILES string of the molecule is CC(NC(=O)COc1cccc(C=O)c1)C1CC2CCC1C2. The van der Waals surface area contributed by atoms with Crippen LogP contribution in [0.1, 0.15) is 43.0 Å². The molecule has 0 saturated heterocycles. The number of carbonyl (C=O) groups is 2. The number of fused-ring (bicyclic) bond motifs is 2. The molecule has 2 bridgehead atoms. The Labute approximate surface area is 131 Å². The number of aldehydes is 1. The highest BCUT2D eigenvalue weighted by atomic mass is 16.5. The van der Waals surface area contributed by atoms with Gasteiger partial charge in [0.15, 0.2) is 6.61 Å². The molecule has 1 aromatic carbocycles. The third-order valence-corrected chi connectivity index (χ3v) is 5.19. The van der Waals surface area contributed by atoms with Crippen LogP contribution >= 0.6 is 0 Å². The molecule has 1 aromatic rings. The summed E-state index contributed by atoms with van der Waals surface area (Å²) in [5.41, 5.74) is 0.549. The molecule has 2 aliphatic rings. The van der Waals surface area contributed by atoms with E-state index in [4.69, 9.17) is 4.74 Å². The van der Waals surface area contributed by atoms with Gasteiger partial charge < -0.3 is 10.1 Å². The van der Waals surface area contributed by atoms with Gasteiger partial charge in [0.1, 0.15) is 12.0 Å². The molecule has 0 aliphatic heterocycles. The Morgan fingerprint density at radius 3 is 2.95 bits per heavy atom. The number of hydrogen-bond donors (Lipinski definition) is 1. The van der Waals surface area contributed by atoms with Crippen molar-refractivity contribution in [3.8, 4) is 5.75 Å². The highest BCUT2D eigenvalue weighted by Crippen LogP contribution is 2.49. The van der Waals surface area contributed by atoms with Crippen LogP contribution in [-0.4, -0.2) is 24.8 Å². The number of nitrogens with one attached hydrogen (secondary N) is 1. The minimum absolute atomic E-state index is 0.00648. The van der Waals surface area contributed by atoms with Gasteiger partial charge in [-0.15, -0.1) is 0 Å². The molecule has 22 heavy (non-hydrogen) atoms. The third kappa shape index (κ3) is 3.32. The maximum absolute atomic E-state index is 12.0. The molecule has 4 atom stereocenters. The van der Waals surface area contributed by atoms with Crippen molar-refractivity contribution in [3.05, 3.63) is 29.8 Å². The van der Waals surface area contributed by atoms with Gasteiger partial charge in [0.2, 0.25) is 0 Å². The van der Waals surface area contributed by atoms with Gasteiger partial charge in [-0.3, -0.25) is 9.59 Å². The topological polar surface area (TPSA) is 55.4 Å². The van der Waals surface area contributed by atoms with Crippen molar-refractivity contribution < 1.29 is 14.3 Å². The van der Waals surface area contributed by atoms with E-state index >= 15 is 0 Å². The van der Waals surface area contributed by atoms with E-state index in [0.29, 0.717) is 17.2 Å². The summed E-state index contributed by atoms with van der Waals surface area (Å²) in [7, 11) is 0. The van der Waals surface area contributed by atoms with Gasteiger partial charge in [0, 0.05) is 11.6 Å². The molecular formula is C18H23NO3. The van der Waals surface area contributed by atoms with Gasteiger partial charge in [-0.05, 0) is 56.1 Å². The first-order valence-corrected chi connectivity index (χ1v) is 8.13. The summed E-state index contributed by atoms with van der Waals surface area (Å²) in [6.07, 6.45) is 6.07. The Hall–Kier alpha value is -1.84. The predicted octanol–water partition coefficient (Wildman–Crippen LogP) is 2.82. The zero-order chi connectivity index (χ0) is 15.5. The second-order valence-corrected chi connectivity index (χ2v) is 6.67. The zero-order valence-electron chi connectivity index (χ0n) is 13.0. The number of benzene rings is 1. The molecule has 2 fully saturated rings. The number of rotatable bonds is 6. The average Bonchev–Trinajstić information content (AvgIpc) is 3.16. The Balaban J connectivity index is 1.47. The van der Waals surface area contributed by atoms with Crippen molar-refractivity contribution in [2.24, 2.45) is 17.8 Å². The zero-order valence-corrected chi connectivity index (χ0v) is 13.0. The molecule has 2 saturated carbocycles. The minimum Gasteiger partial charge on any atom is -0.484 e. The van der Waals surface area contributed by atoms with Gasteiger partial charge in [0.05, 0.1) is 0 Å². The van der Waals surface area contributed by atoms with Gasteiger partial charge >= 0.3 is 0 Å². The van der Waals surface area contributed by atoms with Crippen LogP contribution in [0.5, 0.6) is 5.75 Å². The third-order valence-electron chi connectivity index (χ3n) is 5.19. The van der Waals surface area contributed by atoms with E-state index in [9.17, 15) is 9.59 Å². The van der Waals surface area contributed by atoms with Crippen LogP contribution in [0, 0.1) is 17.8 Å². The minimum atomic E-state index is -0.0909. The van der Waals surface area contributed by atoms with Crippen LogP contribution < -0.4 is 10.1 Å². The maximum atomic E-state index is 12.0. The molecule has 0 spiro atoms. The van der Waals surface area contributed by atoms with Crippen LogP contribution in [0.25, 0.3) is 0 Å². The van der Waals surface area contributed by atoms with E-state index in [1.165, 1.54) is 25.7 Å². The van der Waals surface area contributed by atoms with Gasteiger partial charge in [-0.2, -0.15) is 0 Å². The summed E-state index contributed by atoms with van der Waals surface area (Å²) >= 11 is 0. The molecule has 0 heterocycles. The number of ether oxygens (including phenoxy) is 1. The van der Waals surface area contributed by atoms with Gasteiger partial charge in [-0.25, -0.2) is 0 Å².